The Kier molecular flexibility index (Phi) is 3.68. The second kappa shape index (κ2) is 5.07. The van der Waals surface area contributed by atoms with Crippen molar-refractivity contribution in [1.29, 1.82) is 0 Å². The minimum atomic E-state index is -0.872. The molecule has 2 N–H and O–H groups in total. The molecule has 1 heterocycles. The van der Waals surface area contributed by atoms with E-state index in [2.05, 4.69) is 9.59 Å². The van der Waals surface area contributed by atoms with E-state index in [0.29, 0.717) is 10.6 Å². The van der Waals surface area contributed by atoms with E-state index in [1.807, 2.05) is 13.8 Å². The van der Waals surface area contributed by atoms with Gasteiger partial charge in [0.1, 0.15) is 11.6 Å². The average Bonchev–Trinajstić information content (AvgIpc) is 2.77. The molecular weight excluding hydrogens is 256 g/mol. The Morgan fingerprint density at radius 3 is 2.39 bits per heavy atom. The number of rotatable bonds is 3. The summed E-state index contributed by atoms with van der Waals surface area (Å²) in [4.78, 5) is 0.606. The lowest BCUT2D eigenvalue weighted by Crippen LogP contribution is -2.16. The first-order valence-electron chi connectivity index (χ1n) is 5.54. The summed E-state index contributed by atoms with van der Waals surface area (Å²) in [7, 11) is 0. The van der Waals surface area contributed by atoms with Crippen molar-refractivity contribution in [3.63, 3.8) is 0 Å². The van der Waals surface area contributed by atoms with Crippen LogP contribution in [0.4, 0.5) is 8.78 Å². The average molecular weight is 269 g/mol. The molecule has 18 heavy (non-hydrogen) atoms. The Morgan fingerprint density at radius 2 is 1.83 bits per heavy atom. The number of nitrogens with zero attached hydrogens (tertiary/aromatic N) is 2. The van der Waals surface area contributed by atoms with E-state index < -0.39 is 17.7 Å². The summed E-state index contributed by atoms with van der Waals surface area (Å²) in [6.07, 6.45) is 0. The predicted molar refractivity (Wildman–Crippen MR) is 66.4 cm³/mol. The van der Waals surface area contributed by atoms with Crippen LogP contribution in [0.15, 0.2) is 18.2 Å². The Bertz CT molecular complexity index is 534. The molecule has 0 aliphatic carbocycles. The van der Waals surface area contributed by atoms with Gasteiger partial charge < -0.3 is 5.73 Å². The van der Waals surface area contributed by atoms with Crippen molar-refractivity contribution in [2.24, 2.45) is 5.73 Å². The third-order valence-electron chi connectivity index (χ3n) is 2.68. The van der Waals surface area contributed by atoms with Crippen molar-refractivity contribution in [2.75, 3.05) is 0 Å². The molecule has 3 nitrogen and oxygen atoms in total. The fraction of sp³-hybridized carbons (Fsp3) is 0.333. The molecule has 0 aliphatic rings. The van der Waals surface area contributed by atoms with Crippen LogP contribution in [0.5, 0.6) is 0 Å². The first-order valence-corrected chi connectivity index (χ1v) is 6.31. The van der Waals surface area contributed by atoms with Crippen LogP contribution in [0.3, 0.4) is 0 Å². The highest BCUT2D eigenvalue weighted by atomic mass is 32.1. The predicted octanol–water partition coefficient (Wildman–Crippen LogP) is 2.99. The molecule has 1 unspecified atom stereocenters. The van der Waals surface area contributed by atoms with E-state index in [9.17, 15) is 8.78 Å². The highest BCUT2D eigenvalue weighted by molar-refractivity contribution is 7.05. The van der Waals surface area contributed by atoms with E-state index in [1.54, 1.807) is 0 Å². The second-order valence-corrected chi connectivity index (χ2v) is 5.08. The van der Waals surface area contributed by atoms with Gasteiger partial charge in [-0.05, 0) is 29.6 Å². The lowest BCUT2D eigenvalue weighted by molar-refractivity contribution is 0.543. The highest BCUT2D eigenvalue weighted by Gasteiger charge is 2.24. The number of hydrogen-bond donors (Lipinski definition) is 1. The summed E-state index contributed by atoms with van der Waals surface area (Å²) in [6.45, 7) is 3.87. The summed E-state index contributed by atoms with van der Waals surface area (Å²) >= 11 is 1.08. The largest absolute Gasteiger partial charge is 0.319 e. The SMILES string of the molecule is CC(C)c1nnsc1C(N)c1c(F)cccc1F. The molecule has 6 heteroatoms. The van der Waals surface area contributed by atoms with Crippen molar-refractivity contribution in [3.8, 4) is 0 Å². The molecule has 0 amide bonds. The zero-order valence-corrected chi connectivity index (χ0v) is 10.8. The molecule has 0 saturated heterocycles. The maximum Gasteiger partial charge on any atom is 0.131 e. The maximum atomic E-state index is 13.7. The Balaban J connectivity index is 2.48. The third-order valence-corrected chi connectivity index (χ3v) is 3.50. The van der Waals surface area contributed by atoms with Crippen molar-refractivity contribution in [1.82, 2.24) is 9.59 Å². The molecule has 96 valence electrons. The smallest absolute Gasteiger partial charge is 0.131 e. The number of halogens is 2. The van der Waals surface area contributed by atoms with E-state index >= 15 is 0 Å². The van der Waals surface area contributed by atoms with E-state index in [4.69, 9.17) is 5.73 Å². The van der Waals surface area contributed by atoms with Gasteiger partial charge in [0.15, 0.2) is 0 Å². The molecule has 2 aromatic rings. The molecule has 0 bridgehead atoms. The minimum Gasteiger partial charge on any atom is -0.319 e. The van der Waals surface area contributed by atoms with Gasteiger partial charge in [-0.25, -0.2) is 8.78 Å². The summed E-state index contributed by atoms with van der Waals surface area (Å²) < 4.78 is 31.2. The number of nitrogens with two attached hydrogens (primary N) is 1. The summed E-state index contributed by atoms with van der Waals surface area (Å²) in [5.41, 5.74) is 6.51. The van der Waals surface area contributed by atoms with E-state index in [0.717, 1.165) is 11.5 Å². The summed E-state index contributed by atoms with van der Waals surface area (Å²) in [6, 6.07) is 2.84. The molecule has 0 saturated carbocycles. The zero-order chi connectivity index (χ0) is 13.3. The van der Waals surface area contributed by atoms with Crippen LogP contribution in [-0.2, 0) is 0 Å². The van der Waals surface area contributed by atoms with Crippen molar-refractivity contribution >= 4 is 11.5 Å². The van der Waals surface area contributed by atoms with Crippen LogP contribution in [0, 0.1) is 11.6 Å². The molecular formula is C12H13F2N3S. The molecule has 1 atom stereocenters. The van der Waals surface area contributed by atoms with Crippen LogP contribution in [-0.4, -0.2) is 9.59 Å². The quantitative estimate of drug-likeness (QED) is 0.932. The molecule has 1 aromatic carbocycles. The van der Waals surface area contributed by atoms with E-state index in [-0.39, 0.29) is 11.5 Å². The molecule has 0 fully saturated rings. The molecule has 0 radical (unpaired) electrons. The first kappa shape index (κ1) is 13.0. The third kappa shape index (κ3) is 2.26. The van der Waals surface area contributed by atoms with Crippen LogP contribution >= 0.6 is 11.5 Å². The fourth-order valence-corrected chi connectivity index (χ4v) is 2.58. The van der Waals surface area contributed by atoms with E-state index in [1.165, 1.54) is 18.2 Å². The van der Waals surface area contributed by atoms with Crippen LogP contribution in [0.25, 0.3) is 0 Å². The highest BCUT2D eigenvalue weighted by Crippen LogP contribution is 2.31. The summed E-state index contributed by atoms with van der Waals surface area (Å²) in [5.74, 6) is -1.18. The van der Waals surface area contributed by atoms with Gasteiger partial charge in [0, 0.05) is 5.56 Å². The molecule has 2 rings (SSSR count). The molecule has 0 aliphatic heterocycles. The van der Waals surface area contributed by atoms with Gasteiger partial charge in [0.2, 0.25) is 0 Å². The Morgan fingerprint density at radius 1 is 1.22 bits per heavy atom. The Hall–Kier alpha value is -1.40. The normalized spacial score (nSPS) is 13.0. The van der Waals surface area contributed by atoms with Gasteiger partial charge in [-0.15, -0.1) is 5.10 Å². The minimum absolute atomic E-state index is 0.111. The van der Waals surface area contributed by atoms with Crippen molar-refractivity contribution in [3.05, 3.63) is 46.0 Å². The number of aromatic nitrogens is 2. The number of benzene rings is 1. The lowest BCUT2D eigenvalue weighted by Gasteiger charge is -2.14. The topological polar surface area (TPSA) is 51.8 Å². The lowest BCUT2D eigenvalue weighted by atomic mass is 10.00. The van der Waals surface area contributed by atoms with Crippen LogP contribution in [0.1, 0.15) is 41.9 Å². The van der Waals surface area contributed by atoms with Gasteiger partial charge in [-0.2, -0.15) is 0 Å². The zero-order valence-electron chi connectivity index (χ0n) is 10.0. The molecule has 0 spiro atoms. The van der Waals surface area contributed by atoms with Gasteiger partial charge in [-0.3, -0.25) is 0 Å². The maximum absolute atomic E-state index is 13.7. The standard InChI is InChI=1S/C12H13F2N3S/c1-6(2)11-12(18-17-16-11)10(15)9-7(13)4-3-5-8(9)14/h3-6,10H,15H2,1-2H3. The van der Waals surface area contributed by atoms with Gasteiger partial charge in [0.25, 0.3) is 0 Å². The van der Waals surface area contributed by atoms with Gasteiger partial charge in [0.05, 0.1) is 16.6 Å². The van der Waals surface area contributed by atoms with Crippen LogP contribution in [0.2, 0.25) is 0 Å². The van der Waals surface area contributed by atoms with Gasteiger partial charge in [-0.1, -0.05) is 24.4 Å². The Labute approximate surface area is 108 Å². The number of hydrogen-bond acceptors (Lipinski definition) is 4. The summed E-state index contributed by atoms with van der Waals surface area (Å²) in [5, 5.41) is 3.97. The second-order valence-electron chi connectivity index (χ2n) is 4.29. The first-order chi connectivity index (χ1) is 8.52. The fourth-order valence-electron chi connectivity index (χ4n) is 1.76. The van der Waals surface area contributed by atoms with Crippen LogP contribution < -0.4 is 5.73 Å². The van der Waals surface area contributed by atoms with Crippen molar-refractivity contribution in [2.45, 2.75) is 25.8 Å². The van der Waals surface area contributed by atoms with Crippen molar-refractivity contribution < 1.29 is 8.78 Å². The monoisotopic (exact) mass is 269 g/mol. The van der Waals surface area contributed by atoms with Gasteiger partial charge >= 0.3 is 0 Å². The molecule has 1 aromatic heterocycles.